The van der Waals surface area contributed by atoms with Crippen molar-refractivity contribution in [1.82, 2.24) is 4.31 Å². The maximum absolute atomic E-state index is 13.3. The monoisotopic (exact) mass is 419 g/mol. The number of benzene rings is 2. The molecule has 7 nitrogen and oxygen atoms in total. The maximum Gasteiger partial charge on any atom is 0.303 e. The quantitative estimate of drug-likeness (QED) is 0.706. The summed E-state index contributed by atoms with van der Waals surface area (Å²) in [5.41, 5.74) is 1.57. The number of carboxylic acids is 1. The lowest BCUT2D eigenvalue weighted by Gasteiger charge is -2.26. The number of sulfonamides is 1. The summed E-state index contributed by atoms with van der Waals surface area (Å²) in [6.07, 6.45) is 1.82. The number of rotatable bonds is 8. The first-order chi connectivity index (χ1) is 13.9. The predicted octanol–water partition coefficient (Wildman–Crippen LogP) is 3.25. The largest absolute Gasteiger partial charge is 0.497 e. The Morgan fingerprint density at radius 2 is 1.86 bits per heavy atom. The van der Waals surface area contributed by atoms with Crippen LogP contribution in [0.4, 0.5) is 0 Å². The van der Waals surface area contributed by atoms with Crippen LogP contribution in [-0.2, 0) is 21.2 Å². The van der Waals surface area contributed by atoms with Gasteiger partial charge in [0, 0.05) is 18.5 Å². The van der Waals surface area contributed by atoms with E-state index in [0.717, 1.165) is 17.5 Å². The fraction of sp³-hybridized carbons (Fsp3) is 0.381. The molecule has 0 radical (unpaired) electrons. The first-order valence-corrected chi connectivity index (χ1v) is 10.9. The van der Waals surface area contributed by atoms with Gasteiger partial charge in [0.25, 0.3) is 0 Å². The van der Waals surface area contributed by atoms with Gasteiger partial charge in [0.15, 0.2) is 0 Å². The minimum atomic E-state index is -3.71. The van der Waals surface area contributed by atoms with E-state index in [4.69, 9.17) is 14.6 Å². The second kappa shape index (κ2) is 8.84. The second-order valence-corrected chi connectivity index (χ2v) is 8.81. The summed E-state index contributed by atoms with van der Waals surface area (Å²) < 4.78 is 38.9. The summed E-state index contributed by atoms with van der Waals surface area (Å²) in [6, 6.07) is 11.5. The predicted molar refractivity (Wildman–Crippen MR) is 108 cm³/mol. The molecule has 1 aliphatic heterocycles. The van der Waals surface area contributed by atoms with E-state index >= 15 is 0 Å². The Bertz CT molecular complexity index is 971. The van der Waals surface area contributed by atoms with E-state index in [1.54, 1.807) is 50.6 Å². The molecule has 1 heterocycles. The van der Waals surface area contributed by atoms with Crippen molar-refractivity contribution in [2.24, 2.45) is 0 Å². The number of ether oxygens (including phenoxy) is 2. The SMILES string of the molecule is COc1ccc(OC)c(C2CCCN2S(=O)(=O)c2ccc(CCC(=O)O)cc2)c1. The van der Waals surface area contributed by atoms with Crippen molar-refractivity contribution in [2.45, 2.75) is 36.6 Å². The van der Waals surface area contributed by atoms with Crippen molar-refractivity contribution >= 4 is 16.0 Å². The Labute approximate surface area is 170 Å². The zero-order valence-electron chi connectivity index (χ0n) is 16.5. The van der Waals surface area contributed by atoms with Crippen LogP contribution in [0.15, 0.2) is 47.4 Å². The number of nitrogens with zero attached hydrogens (tertiary/aromatic N) is 1. The molecule has 1 fully saturated rings. The van der Waals surface area contributed by atoms with E-state index in [9.17, 15) is 13.2 Å². The van der Waals surface area contributed by atoms with Crippen LogP contribution in [0.5, 0.6) is 11.5 Å². The zero-order chi connectivity index (χ0) is 21.0. The summed E-state index contributed by atoms with van der Waals surface area (Å²) in [6.45, 7) is 0.425. The molecule has 8 heteroatoms. The van der Waals surface area contributed by atoms with Crippen LogP contribution >= 0.6 is 0 Å². The normalized spacial score (nSPS) is 17.2. The molecule has 0 spiro atoms. The van der Waals surface area contributed by atoms with Crippen molar-refractivity contribution in [3.05, 3.63) is 53.6 Å². The highest BCUT2D eigenvalue weighted by Crippen LogP contribution is 2.41. The van der Waals surface area contributed by atoms with Crippen molar-refractivity contribution < 1.29 is 27.8 Å². The molecule has 0 aromatic heterocycles. The molecule has 1 saturated heterocycles. The molecule has 3 rings (SSSR count). The smallest absolute Gasteiger partial charge is 0.303 e. The Morgan fingerprint density at radius 1 is 1.14 bits per heavy atom. The van der Waals surface area contributed by atoms with Gasteiger partial charge in [-0.05, 0) is 55.2 Å². The third-order valence-electron chi connectivity index (χ3n) is 5.16. The van der Waals surface area contributed by atoms with Crippen LogP contribution in [0.3, 0.4) is 0 Å². The van der Waals surface area contributed by atoms with Gasteiger partial charge in [-0.15, -0.1) is 0 Å². The lowest BCUT2D eigenvalue weighted by molar-refractivity contribution is -0.136. The molecule has 2 aromatic carbocycles. The highest BCUT2D eigenvalue weighted by atomic mass is 32.2. The third-order valence-corrected chi connectivity index (χ3v) is 7.08. The van der Waals surface area contributed by atoms with Gasteiger partial charge in [0.05, 0.1) is 25.2 Å². The molecular weight excluding hydrogens is 394 g/mol. The zero-order valence-corrected chi connectivity index (χ0v) is 17.3. The summed E-state index contributed by atoms with van der Waals surface area (Å²) in [5.74, 6) is 0.392. The molecule has 1 aliphatic rings. The molecule has 1 N–H and O–H groups in total. The van der Waals surface area contributed by atoms with Gasteiger partial charge in [-0.2, -0.15) is 4.31 Å². The van der Waals surface area contributed by atoms with E-state index < -0.39 is 16.0 Å². The van der Waals surface area contributed by atoms with Crippen LogP contribution < -0.4 is 9.47 Å². The third kappa shape index (κ3) is 4.54. The first-order valence-electron chi connectivity index (χ1n) is 9.41. The van der Waals surface area contributed by atoms with E-state index in [0.29, 0.717) is 30.9 Å². The van der Waals surface area contributed by atoms with Gasteiger partial charge >= 0.3 is 5.97 Å². The summed E-state index contributed by atoms with van der Waals surface area (Å²) in [7, 11) is -0.573. The van der Waals surface area contributed by atoms with Gasteiger partial charge in [-0.1, -0.05) is 12.1 Å². The number of aliphatic carboxylic acids is 1. The summed E-state index contributed by atoms with van der Waals surface area (Å²) in [4.78, 5) is 10.9. The minimum absolute atomic E-state index is 0.00985. The molecule has 156 valence electrons. The molecule has 0 saturated carbocycles. The van der Waals surface area contributed by atoms with Crippen molar-refractivity contribution in [2.75, 3.05) is 20.8 Å². The molecule has 29 heavy (non-hydrogen) atoms. The Balaban J connectivity index is 1.89. The van der Waals surface area contributed by atoms with Crippen LogP contribution in [0, 0.1) is 0 Å². The highest BCUT2D eigenvalue weighted by molar-refractivity contribution is 7.89. The van der Waals surface area contributed by atoms with Gasteiger partial charge in [-0.25, -0.2) is 8.42 Å². The Morgan fingerprint density at radius 3 is 2.48 bits per heavy atom. The minimum Gasteiger partial charge on any atom is -0.497 e. The van der Waals surface area contributed by atoms with Crippen LogP contribution in [0.25, 0.3) is 0 Å². The first kappa shape index (κ1) is 21.1. The lowest BCUT2D eigenvalue weighted by Crippen LogP contribution is -2.31. The van der Waals surface area contributed by atoms with Crippen molar-refractivity contribution in [3.63, 3.8) is 0 Å². The van der Waals surface area contributed by atoms with Crippen molar-refractivity contribution in [3.8, 4) is 11.5 Å². The van der Waals surface area contributed by atoms with Crippen molar-refractivity contribution in [1.29, 1.82) is 0 Å². The molecule has 1 atom stereocenters. The number of methoxy groups -OCH3 is 2. The second-order valence-electron chi connectivity index (χ2n) is 6.92. The molecule has 2 aromatic rings. The number of hydrogen-bond acceptors (Lipinski definition) is 5. The number of aryl methyl sites for hydroxylation is 1. The fourth-order valence-corrected chi connectivity index (χ4v) is 5.33. The Hall–Kier alpha value is -2.58. The number of carbonyl (C=O) groups is 1. The van der Waals surface area contributed by atoms with Gasteiger partial charge in [0.2, 0.25) is 10.0 Å². The Kier molecular flexibility index (Phi) is 6.44. The van der Waals surface area contributed by atoms with E-state index in [2.05, 4.69) is 0 Å². The molecule has 0 aliphatic carbocycles. The molecule has 0 amide bonds. The topological polar surface area (TPSA) is 93.1 Å². The average molecular weight is 419 g/mol. The van der Waals surface area contributed by atoms with E-state index in [1.807, 2.05) is 6.07 Å². The van der Waals surface area contributed by atoms with E-state index in [1.165, 1.54) is 4.31 Å². The molecule has 0 bridgehead atoms. The van der Waals surface area contributed by atoms with Crippen LogP contribution in [-0.4, -0.2) is 44.6 Å². The number of carboxylic acid groups (broad SMARTS) is 1. The maximum atomic E-state index is 13.3. The average Bonchev–Trinajstić information content (AvgIpc) is 3.22. The van der Waals surface area contributed by atoms with Crippen LogP contribution in [0.1, 0.15) is 36.4 Å². The van der Waals surface area contributed by atoms with Crippen LogP contribution in [0.2, 0.25) is 0 Å². The van der Waals surface area contributed by atoms with Gasteiger partial charge < -0.3 is 14.6 Å². The summed E-state index contributed by atoms with van der Waals surface area (Å²) >= 11 is 0. The van der Waals surface area contributed by atoms with Gasteiger partial charge in [-0.3, -0.25) is 4.79 Å². The fourth-order valence-electron chi connectivity index (χ4n) is 3.65. The number of hydrogen-bond donors (Lipinski definition) is 1. The highest BCUT2D eigenvalue weighted by Gasteiger charge is 2.37. The molecular formula is C21H25NO6S. The lowest BCUT2D eigenvalue weighted by atomic mass is 10.0. The van der Waals surface area contributed by atoms with Gasteiger partial charge in [0.1, 0.15) is 11.5 Å². The summed E-state index contributed by atoms with van der Waals surface area (Å²) in [5, 5.41) is 8.80. The van der Waals surface area contributed by atoms with E-state index in [-0.39, 0.29) is 17.4 Å². The molecule has 1 unspecified atom stereocenters. The standard InChI is InChI=1S/C21H25NO6S/c1-27-16-8-11-20(28-2)18(14-16)19-4-3-13-22(19)29(25,26)17-9-5-15(6-10-17)7-12-21(23)24/h5-6,8-11,14,19H,3-4,7,12-13H2,1-2H3,(H,23,24).